The smallest absolute Gasteiger partial charge is 0.350 e. The number of nitro groups is 1. The fourth-order valence-corrected chi connectivity index (χ4v) is 4.24. The van der Waals surface area contributed by atoms with Crippen LogP contribution in [0.25, 0.3) is 5.65 Å². The van der Waals surface area contributed by atoms with Crippen LogP contribution < -0.4 is 10.5 Å². The molecule has 0 N–H and O–H groups in total. The van der Waals surface area contributed by atoms with Crippen molar-refractivity contribution in [3.05, 3.63) is 80.3 Å². The summed E-state index contributed by atoms with van der Waals surface area (Å²) in [5, 5.41) is 11.7. The van der Waals surface area contributed by atoms with E-state index in [-0.39, 0.29) is 17.8 Å². The van der Waals surface area contributed by atoms with Crippen molar-refractivity contribution in [1.82, 2.24) is 9.38 Å². The monoisotopic (exact) mass is 378 g/mol. The molecular weight excluding hydrogens is 356 g/mol. The Morgan fingerprint density at radius 2 is 1.93 bits per heavy atom. The molecule has 2 atom stereocenters. The van der Waals surface area contributed by atoms with Crippen LogP contribution in [-0.4, -0.2) is 27.4 Å². The standard InChI is InChI=1S/C21H22N4O3/c1-14-9-11-15(12-10-14)16-6-5-7-17(16)23(2)20-19(25(27)28)21(26)24-13-4-3-8-18(24)22-20/h3-4,8-13,16-17H,5-7H2,1-2H3/t16-,17-/m0/s1. The van der Waals surface area contributed by atoms with Crippen LogP contribution in [0.15, 0.2) is 53.5 Å². The first-order chi connectivity index (χ1) is 13.5. The number of hydrogen-bond donors (Lipinski definition) is 0. The Kier molecular flexibility index (Phi) is 4.58. The summed E-state index contributed by atoms with van der Waals surface area (Å²) in [6.45, 7) is 2.05. The molecule has 0 amide bonds. The number of fused-ring (bicyclic) bond motifs is 1. The third kappa shape index (κ3) is 3.02. The molecule has 7 nitrogen and oxygen atoms in total. The number of aryl methyl sites for hydroxylation is 1. The molecule has 2 heterocycles. The zero-order valence-corrected chi connectivity index (χ0v) is 15.9. The topological polar surface area (TPSA) is 80.8 Å². The van der Waals surface area contributed by atoms with Crippen molar-refractivity contribution in [1.29, 1.82) is 0 Å². The zero-order valence-electron chi connectivity index (χ0n) is 15.9. The van der Waals surface area contributed by atoms with Crippen LogP contribution in [-0.2, 0) is 0 Å². The number of rotatable bonds is 4. The number of likely N-dealkylation sites (N-methyl/N-ethyl adjacent to an activating group) is 1. The maximum Gasteiger partial charge on any atom is 0.376 e. The molecular formula is C21H22N4O3. The minimum Gasteiger partial charge on any atom is -0.350 e. The Labute approximate surface area is 162 Å². The van der Waals surface area contributed by atoms with Gasteiger partial charge in [0.25, 0.3) is 0 Å². The molecule has 0 radical (unpaired) electrons. The van der Waals surface area contributed by atoms with Crippen molar-refractivity contribution in [2.45, 2.75) is 38.1 Å². The molecule has 1 saturated carbocycles. The van der Waals surface area contributed by atoms with Crippen LogP contribution in [0.5, 0.6) is 0 Å². The highest BCUT2D eigenvalue weighted by Gasteiger charge is 2.36. The number of anilines is 1. The third-order valence-electron chi connectivity index (χ3n) is 5.69. The van der Waals surface area contributed by atoms with Gasteiger partial charge in [-0.3, -0.25) is 19.3 Å². The lowest BCUT2D eigenvalue weighted by Gasteiger charge is -2.30. The van der Waals surface area contributed by atoms with Crippen molar-refractivity contribution < 1.29 is 4.92 Å². The fraction of sp³-hybridized carbons (Fsp3) is 0.333. The number of benzene rings is 1. The number of hydrogen-bond acceptors (Lipinski definition) is 5. The summed E-state index contributed by atoms with van der Waals surface area (Å²) in [5.74, 6) is 0.395. The van der Waals surface area contributed by atoms with Crippen LogP contribution in [0.1, 0.15) is 36.3 Å². The normalized spacial score (nSPS) is 19.1. The van der Waals surface area contributed by atoms with E-state index in [1.165, 1.54) is 21.7 Å². The van der Waals surface area contributed by atoms with Gasteiger partial charge in [-0.1, -0.05) is 42.3 Å². The molecule has 4 rings (SSSR count). The minimum absolute atomic E-state index is 0.0551. The summed E-state index contributed by atoms with van der Waals surface area (Å²) in [7, 11) is 1.81. The predicted molar refractivity (Wildman–Crippen MR) is 108 cm³/mol. The highest BCUT2D eigenvalue weighted by molar-refractivity contribution is 5.62. The summed E-state index contributed by atoms with van der Waals surface area (Å²) >= 11 is 0. The Bertz CT molecular complexity index is 1090. The molecule has 0 bridgehead atoms. The molecule has 1 fully saturated rings. The van der Waals surface area contributed by atoms with Gasteiger partial charge in [-0.15, -0.1) is 0 Å². The molecule has 1 aliphatic rings. The molecule has 0 aliphatic heterocycles. The summed E-state index contributed by atoms with van der Waals surface area (Å²) in [6.07, 6.45) is 4.46. The van der Waals surface area contributed by atoms with Gasteiger partial charge in [0, 0.05) is 25.2 Å². The Balaban J connectivity index is 1.80. The van der Waals surface area contributed by atoms with Gasteiger partial charge in [-0.25, -0.2) is 4.98 Å². The predicted octanol–water partition coefficient (Wildman–Crippen LogP) is 3.68. The molecule has 7 heteroatoms. The van der Waals surface area contributed by atoms with E-state index >= 15 is 0 Å². The molecule has 1 aromatic carbocycles. The molecule has 28 heavy (non-hydrogen) atoms. The van der Waals surface area contributed by atoms with E-state index in [0.717, 1.165) is 19.3 Å². The number of aromatic nitrogens is 2. The Morgan fingerprint density at radius 3 is 2.64 bits per heavy atom. The van der Waals surface area contributed by atoms with Gasteiger partial charge < -0.3 is 4.90 Å². The van der Waals surface area contributed by atoms with Gasteiger partial charge in [-0.05, 0) is 37.5 Å². The van der Waals surface area contributed by atoms with Gasteiger partial charge in [0.2, 0.25) is 5.82 Å². The largest absolute Gasteiger partial charge is 0.376 e. The van der Waals surface area contributed by atoms with E-state index < -0.39 is 16.2 Å². The summed E-state index contributed by atoms with van der Waals surface area (Å²) < 4.78 is 1.22. The van der Waals surface area contributed by atoms with Crippen LogP contribution in [0.2, 0.25) is 0 Å². The second-order valence-corrected chi connectivity index (χ2v) is 7.40. The van der Waals surface area contributed by atoms with Gasteiger partial charge in [0.1, 0.15) is 5.65 Å². The van der Waals surface area contributed by atoms with Gasteiger partial charge in [0.15, 0.2) is 0 Å². The minimum atomic E-state index is -0.651. The van der Waals surface area contributed by atoms with Crippen LogP contribution in [0.4, 0.5) is 11.5 Å². The van der Waals surface area contributed by atoms with E-state index in [0.29, 0.717) is 5.65 Å². The quantitative estimate of drug-likeness (QED) is 0.511. The molecule has 3 aromatic rings. The van der Waals surface area contributed by atoms with Crippen LogP contribution in [0, 0.1) is 17.0 Å². The summed E-state index contributed by atoms with van der Waals surface area (Å²) in [6, 6.07) is 13.6. The SMILES string of the molecule is Cc1ccc([C@@H]2CCC[C@@H]2N(C)c2nc3ccccn3c(=O)c2[N+](=O)[O-])cc1. The lowest BCUT2D eigenvalue weighted by molar-refractivity contribution is -0.385. The number of pyridine rings is 1. The lowest BCUT2D eigenvalue weighted by Crippen LogP contribution is -2.36. The van der Waals surface area contributed by atoms with E-state index in [2.05, 4.69) is 36.2 Å². The van der Waals surface area contributed by atoms with Gasteiger partial charge >= 0.3 is 11.2 Å². The van der Waals surface area contributed by atoms with E-state index in [9.17, 15) is 14.9 Å². The molecule has 0 saturated heterocycles. The first-order valence-corrected chi connectivity index (χ1v) is 9.42. The average Bonchev–Trinajstić information content (AvgIpc) is 3.17. The van der Waals surface area contributed by atoms with E-state index in [1.807, 2.05) is 11.9 Å². The molecule has 1 aliphatic carbocycles. The van der Waals surface area contributed by atoms with Crippen molar-refractivity contribution in [2.24, 2.45) is 0 Å². The maximum absolute atomic E-state index is 12.8. The average molecular weight is 378 g/mol. The molecule has 144 valence electrons. The maximum atomic E-state index is 12.8. The Morgan fingerprint density at radius 1 is 1.18 bits per heavy atom. The van der Waals surface area contributed by atoms with Crippen LogP contribution >= 0.6 is 0 Å². The van der Waals surface area contributed by atoms with Crippen molar-refractivity contribution in [3.8, 4) is 0 Å². The first-order valence-electron chi connectivity index (χ1n) is 9.42. The van der Waals surface area contributed by atoms with Gasteiger partial charge in [0.05, 0.1) is 4.92 Å². The zero-order chi connectivity index (χ0) is 19.8. The van der Waals surface area contributed by atoms with Crippen molar-refractivity contribution in [2.75, 3.05) is 11.9 Å². The highest BCUT2D eigenvalue weighted by Crippen LogP contribution is 2.40. The molecule has 2 aromatic heterocycles. The van der Waals surface area contributed by atoms with Crippen molar-refractivity contribution in [3.63, 3.8) is 0 Å². The lowest BCUT2D eigenvalue weighted by atomic mass is 9.92. The highest BCUT2D eigenvalue weighted by atomic mass is 16.6. The van der Waals surface area contributed by atoms with Crippen molar-refractivity contribution >= 4 is 17.2 Å². The second-order valence-electron chi connectivity index (χ2n) is 7.40. The summed E-state index contributed by atoms with van der Waals surface area (Å²) in [5.41, 5.74) is 1.71. The molecule has 0 unspecified atom stereocenters. The molecule has 0 spiro atoms. The third-order valence-corrected chi connectivity index (χ3v) is 5.69. The van der Waals surface area contributed by atoms with E-state index in [1.54, 1.807) is 18.2 Å². The van der Waals surface area contributed by atoms with Gasteiger partial charge in [-0.2, -0.15) is 0 Å². The fourth-order valence-electron chi connectivity index (χ4n) is 4.24. The second kappa shape index (κ2) is 7.07. The van der Waals surface area contributed by atoms with E-state index in [4.69, 9.17) is 0 Å². The summed E-state index contributed by atoms with van der Waals surface area (Å²) in [4.78, 5) is 30.2. The Hall–Kier alpha value is -3.22. The first kappa shape index (κ1) is 18.2. The number of nitrogens with zero attached hydrogens (tertiary/aromatic N) is 4. The van der Waals surface area contributed by atoms with Crippen LogP contribution in [0.3, 0.4) is 0 Å².